The highest BCUT2D eigenvalue weighted by Gasteiger charge is 2.16. The zero-order chi connectivity index (χ0) is 19.3. The van der Waals surface area contributed by atoms with Crippen molar-refractivity contribution in [3.05, 3.63) is 57.0 Å². The third kappa shape index (κ3) is 5.88. The molecule has 2 aromatic rings. The van der Waals surface area contributed by atoms with Gasteiger partial charge in [-0.3, -0.25) is 9.59 Å². The Hall–Kier alpha value is -1.79. The SMILES string of the molecule is Cc1ccc(NC(=O)C[NH+](C)CC(=O)Nc2c(Cl)cccc2Cl)cc1Cl. The minimum absolute atomic E-state index is 0.0869. The zero-order valence-corrected chi connectivity index (χ0v) is 16.6. The van der Waals surface area contributed by atoms with Crippen LogP contribution in [0.15, 0.2) is 36.4 Å². The first-order valence-corrected chi connectivity index (χ1v) is 9.01. The molecule has 138 valence electrons. The van der Waals surface area contributed by atoms with Crippen LogP contribution in [0.25, 0.3) is 0 Å². The topological polar surface area (TPSA) is 62.6 Å². The van der Waals surface area contributed by atoms with Gasteiger partial charge in [0.05, 0.1) is 22.8 Å². The van der Waals surface area contributed by atoms with E-state index in [2.05, 4.69) is 10.6 Å². The predicted molar refractivity (Wildman–Crippen MR) is 107 cm³/mol. The Morgan fingerprint density at radius 1 is 0.923 bits per heavy atom. The van der Waals surface area contributed by atoms with Gasteiger partial charge in [0, 0.05) is 10.7 Å². The summed E-state index contributed by atoms with van der Waals surface area (Å²) >= 11 is 18.1. The normalized spacial score (nSPS) is 11.7. The van der Waals surface area contributed by atoms with E-state index in [4.69, 9.17) is 34.8 Å². The van der Waals surface area contributed by atoms with Crippen molar-refractivity contribution < 1.29 is 14.5 Å². The average Bonchev–Trinajstić information content (AvgIpc) is 2.54. The van der Waals surface area contributed by atoms with Crippen LogP contribution in [0.4, 0.5) is 11.4 Å². The second kappa shape index (κ2) is 9.24. The molecule has 5 nitrogen and oxygen atoms in total. The zero-order valence-electron chi connectivity index (χ0n) is 14.3. The maximum atomic E-state index is 12.2. The van der Waals surface area contributed by atoms with E-state index in [1.807, 2.05) is 13.0 Å². The number of nitrogens with one attached hydrogen (secondary N) is 3. The maximum absolute atomic E-state index is 12.2. The average molecular weight is 416 g/mol. The van der Waals surface area contributed by atoms with Gasteiger partial charge in [-0.05, 0) is 36.8 Å². The largest absolute Gasteiger partial charge is 0.322 e. The summed E-state index contributed by atoms with van der Waals surface area (Å²) in [6.45, 7) is 2.09. The lowest BCUT2D eigenvalue weighted by atomic mass is 10.2. The van der Waals surface area contributed by atoms with Crippen molar-refractivity contribution >= 4 is 58.0 Å². The number of hydrogen-bond donors (Lipinski definition) is 3. The molecule has 0 aromatic heterocycles. The molecular weight excluding hydrogens is 397 g/mol. The van der Waals surface area contributed by atoms with Crippen molar-refractivity contribution in [1.29, 1.82) is 0 Å². The van der Waals surface area contributed by atoms with E-state index < -0.39 is 0 Å². The van der Waals surface area contributed by atoms with E-state index in [1.165, 1.54) is 0 Å². The molecule has 0 saturated heterocycles. The first kappa shape index (κ1) is 20.5. The molecule has 2 rings (SSSR count). The van der Waals surface area contributed by atoms with Gasteiger partial charge in [-0.15, -0.1) is 0 Å². The lowest BCUT2D eigenvalue weighted by molar-refractivity contribution is -0.862. The van der Waals surface area contributed by atoms with Gasteiger partial charge in [0.1, 0.15) is 0 Å². The van der Waals surface area contributed by atoms with E-state index in [1.54, 1.807) is 37.4 Å². The van der Waals surface area contributed by atoms with Crippen molar-refractivity contribution in [2.24, 2.45) is 0 Å². The second-order valence-electron chi connectivity index (χ2n) is 5.97. The second-order valence-corrected chi connectivity index (χ2v) is 7.19. The molecule has 0 radical (unpaired) electrons. The summed E-state index contributed by atoms with van der Waals surface area (Å²) in [6.07, 6.45) is 0. The minimum Gasteiger partial charge on any atom is -0.322 e. The van der Waals surface area contributed by atoms with Crippen molar-refractivity contribution in [2.75, 3.05) is 30.8 Å². The Balaban J connectivity index is 1.87. The number of benzene rings is 2. The minimum atomic E-state index is -0.288. The molecule has 0 aliphatic carbocycles. The fourth-order valence-corrected chi connectivity index (χ4v) is 2.96. The number of likely N-dealkylation sites (N-methyl/N-ethyl adjacent to an activating group) is 1. The Bertz CT molecular complexity index is 807. The van der Waals surface area contributed by atoms with Gasteiger partial charge in [-0.25, -0.2) is 0 Å². The Morgan fingerprint density at radius 3 is 2.08 bits per heavy atom. The van der Waals surface area contributed by atoms with Gasteiger partial charge in [-0.1, -0.05) is 46.9 Å². The van der Waals surface area contributed by atoms with E-state index >= 15 is 0 Å². The first-order valence-electron chi connectivity index (χ1n) is 7.87. The van der Waals surface area contributed by atoms with Crippen LogP contribution in [0, 0.1) is 6.92 Å². The number of carbonyl (C=O) groups is 2. The van der Waals surface area contributed by atoms with Crippen LogP contribution in [-0.4, -0.2) is 32.0 Å². The van der Waals surface area contributed by atoms with E-state index in [0.717, 1.165) is 5.56 Å². The van der Waals surface area contributed by atoms with Crippen molar-refractivity contribution in [3.8, 4) is 0 Å². The number of para-hydroxylation sites is 1. The molecule has 8 heteroatoms. The number of hydrogen-bond acceptors (Lipinski definition) is 2. The molecule has 0 spiro atoms. The van der Waals surface area contributed by atoms with Crippen LogP contribution in [0.2, 0.25) is 15.1 Å². The fourth-order valence-electron chi connectivity index (χ4n) is 2.29. The predicted octanol–water partition coefficient (Wildman–Crippen LogP) is 3.05. The highest BCUT2D eigenvalue weighted by molar-refractivity contribution is 6.39. The third-order valence-electron chi connectivity index (χ3n) is 3.61. The number of halogens is 3. The smallest absolute Gasteiger partial charge is 0.279 e. The molecule has 1 atom stereocenters. The quantitative estimate of drug-likeness (QED) is 0.679. The number of quaternary nitrogens is 1. The number of amides is 2. The summed E-state index contributed by atoms with van der Waals surface area (Å²) < 4.78 is 0. The molecular formula is C18H19Cl3N3O2+. The van der Waals surface area contributed by atoms with Crippen LogP contribution in [0.1, 0.15) is 5.56 Å². The summed E-state index contributed by atoms with van der Waals surface area (Å²) in [5.74, 6) is -0.505. The van der Waals surface area contributed by atoms with E-state index in [-0.39, 0.29) is 24.9 Å². The summed E-state index contributed by atoms with van der Waals surface area (Å²) in [7, 11) is 1.75. The van der Waals surface area contributed by atoms with Gasteiger partial charge in [0.25, 0.3) is 11.8 Å². The van der Waals surface area contributed by atoms with E-state index in [9.17, 15) is 9.59 Å². The number of aryl methyl sites for hydroxylation is 1. The van der Waals surface area contributed by atoms with Gasteiger partial charge in [0.2, 0.25) is 0 Å². The van der Waals surface area contributed by atoms with Crippen LogP contribution in [0.5, 0.6) is 0 Å². The number of rotatable bonds is 6. The molecule has 0 aliphatic heterocycles. The van der Waals surface area contributed by atoms with Crippen LogP contribution < -0.4 is 15.5 Å². The van der Waals surface area contributed by atoms with Gasteiger partial charge < -0.3 is 15.5 Å². The molecule has 0 bridgehead atoms. The summed E-state index contributed by atoms with van der Waals surface area (Å²) in [4.78, 5) is 25.0. The molecule has 0 heterocycles. The monoisotopic (exact) mass is 414 g/mol. The third-order valence-corrected chi connectivity index (χ3v) is 4.64. The highest BCUT2D eigenvalue weighted by Crippen LogP contribution is 2.29. The van der Waals surface area contributed by atoms with Crippen LogP contribution in [0.3, 0.4) is 0 Å². The molecule has 3 N–H and O–H groups in total. The Kier molecular flexibility index (Phi) is 7.29. The summed E-state index contributed by atoms with van der Waals surface area (Å²) in [6, 6.07) is 10.3. The maximum Gasteiger partial charge on any atom is 0.279 e. The van der Waals surface area contributed by atoms with Crippen molar-refractivity contribution in [2.45, 2.75) is 6.92 Å². The van der Waals surface area contributed by atoms with Crippen LogP contribution in [-0.2, 0) is 9.59 Å². The van der Waals surface area contributed by atoms with Crippen LogP contribution >= 0.6 is 34.8 Å². The molecule has 26 heavy (non-hydrogen) atoms. The van der Waals surface area contributed by atoms with Gasteiger partial charge >= 0.3 is 0 Å². The van der Waals surface area contributed by atoms with Gasteiger partial charge in [-0.2, -0.15) is 0 Å². The summed E-state index contributed by atoms with van der Waals surface area (Å²) in [5, 5.41) is 6.74. The fraction of sp³-hybridized carbons (Fsp3) is 0.222. The lowest BCUT2D eigenvalue weighted by Gasteiger charge is -2.15. The lowest BCUT2D eigenvalue weighted by Crippen LogP contribution is -3.11. The van der Waals surface area contributed by atoms with Gasteiger partial charge in [0.15, 0.2) is 13.1 Å². The molecule has 0 saturated carbocycles. The van der Waals surface area contributed by atoms with E-state index in [0.29, 0.717) is 31.3 Å². The molecule has 1 unspecified atom stereocenters. The molecule has 0 aliphatic rings. The molecule has 2 amide bonds. The number of carbonyl (C=O) groups excluding carboxylic acids is 2. The Labute approximate surface area is 167 Å². The first-order chi connectivity index (χ1) is 12.3. The highest BCUT2D eigenvalue weighted by atomic mass is 35.5. The summed E-state index contributed by atoms with van der Waals surface area (Å²) in [5.41, 5.74) is 1.92. The van der Waals surface area contributed by atoms with Crippen molar-refractivity contribution in [1.82, 2.24) is 0 Å². The van der Waals surface area contributed by atoms with Crippen molar-refractivity contribution in [3.63, 3.8) is 0 Å². The molecule has 2 aromatic carbocycles. The standard InChI is InChI=1S/C18H18Cl3N3O2/c1-11-6-7-12(8-15(11)21)22-16(25)9-24(2)10-17(26)23-18-13(19)4-3-5-14(18)20/h3-8H,9-10H2,1-2H3,(H,22,25)(H,23,26)/p+1. The number of anilines is 2. The molecule has 0 fully saturated rings. The Morgan fingerprint density at radius 2 is 1.50 bits per heavy atom.